The SMILES string of the molecule is CO[C@@H]1/C=C\O[C@]2(C)Oc3c(C)c(O)c4c(O)c(c(/C=N\N5CCN(C6CCCC6)CC5)c(O)c4c3C2=O)NC(=O)/C(C)=C\C=C/[C@@H](C)[C@@H](O)[C@H](C)[C@H](O)[C@H](C)[C@@H](OC(C)=O)[C@H]1C. The Morgan fingerprint density at radius 2 is 1.59 bits per heavy atom. The number of allylic oxidation sites excluding steroid dienone is 2. The molecule has 0 radical (unpaired) electrons. The zero-order valence-corrected chi connectivity index (χ0v) is 37.8. The lowest BCUT2D eigenvalue weighted by molar-refractivity contribution is -0.160. The number of ether oxygens (including phenoxy) is 4. The van der Waals surface area contributed by atoms with Gasteiger partial charge in [-0.25, -0.2) is 0 Å². The molecule has 1 saturated heterocycles. The third-order valence-corrected chi connectivity index (χ3v) is 13.5. The van der Waals surface area contributed by atoms with Crippen molar-refractivity contribution >= 4 is 40.3 Å². The molecule has 2 fully saturated rings. The molecule has 16 nitrogen and oxygen atoms in total. The molecule has 1 saturated carbocycles. The first kappa shape index (κ1) is 47.3. The number of esters is 1. The van der Waals surface area contributed by atoms with Crippen molar-refractivity contribution in [2.24, 2.45) is 28.8 Å². The maximum Gasteiger partial charge on any atom is 0.312 e. The molecule has 6 N–H and O–H groups in total. The van der Waals surface area contributed by atoms with E-state index in [1.165, 1.54) is 85.1 Å². The molecule has 16 heteroatoms. The van der Waals surface area contributed by atoms with Crippen LogP contribution in [-0.2, 0) is 23.8 Å². The van der Waals surface area contributed by atoms with E-state index in [1.807, 2.05) is 5.01 Å². The van der Waals surface area contributed by atoms with Crippen LogP contribution in [0, 0.1) is 30.6 Å². The summed E-state index contributed by atoms with van der Waals surface area (Å²) in [5, 5.41) is 67.6. The van der Waals surface area contributed by atoms with E-state index in [1.54, 1.807) is 39.8 Å². The predicted octanol–water partition coefficient (Wildman–Crippen LogP) is 5.65. The van der Waals surface area contributed by atoms with Crippen molar-refractivity contribution in [1.82, 2.24) is 9.91 Å². The molecule has 0 unspecified atom stereocenters. The number of benzene rings is 2. The number of aliphatic hydroxyl groups excluding tert-OH is 2. The van der Waals surface area contributed by atoms with Crippen molar-refractivity contribution in [2.45, 2.75) is 117 Å². The molecule has 2 aromatic carbocycles. The van der Waals surface area contributed by atoms with Gasteiger partial charge in [0.1, 0.15) is 23.4 Å². The van der Waals surface area contributed by atoms with Gasteiger partial charge in [-0.05, 0) is 32.8 Å². The van der Waals surface area contributed by atoms with E-state index >= 15 is 0 Å². The van der Waals surface area contributed by atoms with Crippen LogP contribution in [0.4, 0.5) is 5.69 Å². The lowest BCUT2D eigenvalue weighted by Crippen LogP contribution is -2.47. The smallest absolute Gasteiger partial charge is 0.312 e. The number of nitrogens with one attached hydrogen (secondary N) is 1. The third-order valence-electron chi connectivity index (χ3n) is 13.5. The van der Waals surface area contributed by atoms with Crippen LogP contribution in [0.2, 0.25) is 0 Å². The number of hydrogen-bond acceptors (Lipinski definition) is 15. The van der Waals surface area contributed by atoms with Gasteiger partial charge in [-0.15, -0.1) is 0 Å². The maximum atomic E-state index is 14.5. The quantitative estimate of drug-likeness (QED) is 0.0926. The standard InChI is InChI=1S/C47H64N4O12/c1-24-13-12-14-25(2)46(59)49-37-32(23-48-51-20-18-50(19-21-51)31-15-10-11-16-31)41(56)34-35(42(37)57)40(55)29(6)44-36(34)45(58)47(8,63-44)61-22-17-33(60-9)26(3)43(62-30(7)52)28(5)39(54)27(4)38(24)53/h12-14,17,22-24,26-28,31,33,38-39,43,53-57H,10-11,15-16,18-21H2,1-9H3,(H,49,59)/b13-12-,22-17-,25-14-,48-23-/t24-,26+,27+,28+,33-,38-,39+,43+,47-/m1/s1. The maximum absolute atomic E-state index is 14.5. The number of aromatic hydroxyl groups is 3. The lowest BCUT2D eigenvalue weighted by atomic mass is 9.78. The molecule has 4 aliphatic heterocycles. The Hall–Kier alpha value is -5.16. The zero-order valence-electron chi connectivity index (χ0n) is 37.8. The Kier molecular flexibility index (Phi) is 14.5. The average Bonchev–Trinajstić information content (AvgIpc) is 3.89. The summed E-state index contributed by atoms with van der Waals surface area (Å²) in [6, 6.07) is 0.553. The summed E-state index contributed by atoms with van der Waals surface area (Å²) >= 11 is 0. The number of amides is 1. The van der Waals surface area contributed by atoms with Crippen molar-refractivity contribution < 1.29 is 58.9 Å². The van der Waals surface area contributed by atoms with Crippen LogP contribution < -0.4 is 10.1 Å². The topological polar surface area (TPSA) is 220 Å². The van der Waals surface area contributed by atoms with Crippen molar-refractivity contribution in [3.8, 4) is 23.0 Å². The monoisotopic (exact) mass is 876 g/mol. The summed E-state index contributed by atoms with van der Waals surface area (Å²) in [7, 11) is 1.44. The highest BCUT2D eigenvalue weighted by Crippen LogP contribution is 2.55. The summed E-state index contributed by atoms with van der Waals surface area (Å²) in [5.41, 5.74) is -0.293. The molecule has 344 valence electrons. The summed E-state index contributed by atoms with van der Waals surface area (Å²) in [6.07, 6.45) is 9.75. The van der Waals surface area contributed by atoms with Crippen LogP contribution in [0.5, 0.6) is 23.0 Å². The highest BCUT2D eigenvalue weighted by molar-refractivity contribution is 6.23. The molecule has 63 heavy (non-hydrogen) atoms. The highest BCUT2D eigenvalue weighted by Gasteiger charge is 2.50. The van der Waals surface area contributed by atoms with Crippen molar-refractivity contribution in [1.29, 1.82) is 0 Å². The van der Waals surface area contributed by atoms with Crippen LogP contribution >= 0.6 is 0 Å². The molecule has 7 rings (SSSR count). The fraction of sp³-hybridized carbons (Fsp3) is 0.574. The molecule has 2 aromatic rings. The second-order valence-electron chi connectivity index (χ2n) is 17.8. The van der Waals surface area contributed by atoms with Gasteiger partial charge in [0.15, 0.2) is 5.75 Å². The molecular formula is C47H64N4O12. The average molecular weight is 877 g/mol. The Bertz CT molecular complexity index is 2190. The van der Waals surface area contributed by atoms with E-state index in [0.29, 0.717) is 19.1 Å². The Morgan fingerprint density at radius 3 is 2.22 bits per heavy atom. The fourth-order valence-corrected chi connectivity index (χ4v) is 9.47. The van der Waals surface area contributed by atoms with Gasteiger partial charge in [0, 0.05) is 93.4 Å². The number of methoxy groups -OCH3 is 1. The number of phenols is 3. The molecule has 5 bridgehead atoms. The number of ketones is 1. The number of carbonyl (C=O) groups is 3. The Labute approximate surface area is 368 Å². The van der Waals surface area contributed by atoms with E-state index in [9.17, 15) is 39.9 Å². The van der Waals surface area contributed by atoms with Crippen LogP contribution in [0.1, 0.15) is 95.6 Å². The third kappa shape index (κ3) is 9.40. The highest BCUT2D eigenvalue weighted by atomic mass is 16.7. The number of nitrogens with zero attached hydrogens (tertiary/aromatic N) is 3. The number of hydrogen-bond donors (Lipinski definition) is 6. The molecule has 4 heterocycles. The van der Waals surface area contributed by atoms with Gasteiger partial charge in [-0.2, -0.15) is 5.10 Å². The molecular weight excluding hydrogens is 813 g/mol. The van der Waals surface area contributed by atoms with E-state index in [4.69, 9.17) is 18.9 Å². The van der Waals surface area contributed by atoms with Gasteiger partial charge in [-0.3, -0.25) is 24.3 Å². The minimum atomic E-state index is -2.04. The summed E-state index contributed by atoms with van der Waals surface area (Å²) in [6.45, 7) is 15.4. The first-order valence-electron chi connectivity index (χ1n) is 21.9. The number of hydrazone groups is 1. The second kappa shape index (κ2) is 19.3. The number of Topliss-reactive ketones (excluding diaryl/α,β-unsaturated/α-hetero) is 1. The van der Waals surface area contributed by atoms with Gasteiger partial charge in [0.2, 0.25) is 0 Å². The van der Waals surface area contributed by atoms with E-state index < -0.39 is 88.8 Å². The number of anilines is 1. The minimum absolute atomic E-state index is 0.0631. The molecule has 1 aliphatic carbocycles. The van der Waals surface area contributed by atoms with Crippen LogP contribution in [-0.4, -0.2) is 129 Å². The number of aliphatic hydroxyl groups is 2. The largest absolute Gasteiger partial charge is 0.507 e. The molecule has 1 amide bonds. The normalized spacial score (nSPS) is 32.4. The van der Waals surface area contributed by atoms with E-state index in [2.05, 4.69) is 15.3 Å². The van der Waals surface area contributed by atoms with Crippen molar-refractivity contribution in [3.63, 3.8) is 0 Å². The minimum Gasteiger partial charge on any atom is -0.507 e. The van der Waals surface area contributed by atoms with Gasteiger partial charge in [0.25, 0.3) is 11.7 Å². The van der Waals surface area contributed by atoms with E-state index in [-0.39, 0.29) is 44.5 Å². The first-order valence-corrected chi connectivity index (χ1v) is 21.9. The predicted molar refractivity (Wildman–Crippen MR) is 237 cm³/mol. The van der Waals surface area contributed by atoms with Gasteiger partial charge < -0.3 is 49.8 Å². The van der Waals surface area contributed by atoms with Gasteiger partial charge >= 0.3 is 11.8 Å². The van der Waals surface area contributed by atoms with Crippen LogP contribution in [0.25, 0.3) is 10.8 Å². The summed E-state index contributed by atoms with van der Waals surface area (Å²) in [4.78, 5) is 43.2. The van der Waals surface area contributed by atoms with Crippen LogP contribution in [0.15, 0.2) is 41.2 Å². The molecule has 0 spiro atoms. The van der Waals surface area contributed by atoms with Gasteiger partial charge in [-0.1, -0.05) is 58.8 Å². The van der Waals surface area contributed by atoms with E-state index in [0.717, 1.165) is 13.1 Å². The number of piperazine rings is 1. The Balaban J connectivity index is 1.47. The summed E-state index contributed by atoms with van der Waals surface area (Å²) < 4.78 is 23.7. The summed E-state index contributed by atoms with van der Waals surface area (Å²) in [5.74, 6) is -8.28. The van der Waals surface area contributed by atoms with Crippen LogP contribution in [0.3, 0.4) is 0 Å². The molecule has 9 atom stereocenters. The second-order valence-corrected chi connectivity index (χ2v) is 17.8. The number of fused-ring (bicyclic) bond motifs is 14. The Morgan fingerprint density at radius 1 is 0.921 bits per heavy atom. The zero-order chi connectivity index (χ0) is 46.1. The number of phenolic OH excluding ortho intramolecular Hbond substituents is 3. The lowest BCUT2D eigenvalue weighted by Gasteiger charge is -2.38. The van der Waals surface area contributed by atoms with Crippen molar-refractivity contribution in [2.75, 3.05) is 38.6 Å². The van der Waals surface area contributed by atoms with Gasteiger partial charge in [0.05, 0.1) is 53.0 Å². The fourth-order valence-electron chi connectivity index (χ4n) is 9.47. The van der Waals surface area contributed by atoms with Crippen molar-refractivity contribution in [3.05, 3.63) is 52.8 Å². The molecule has 0 aromatic heterocycles. The number of carbonyl (C=O) groups excluding carboxylic acids is 3. The molecule has 5 aliphatic rings. The first-order chi connectivity index (χ1) is 29.8. The number of rotatable bonds is 5.